The van der Waals surface area contributed by atoms with Gasteiger partial charge in [0.25, 0.3) is 0 Å². The van der Waals surface area contributed by atoms with E-state index in [0.717, 1.165) is 25.7 Å². The number of hydrogen-bond donors (Lipinski definition) is 2. The Labute approximate surface area is 158 Å². The van der Waals surface area contributed by atoms with Gasteiger partial charge in [0, 0.05) is 24.9 Å². The van der Waals surface area contributed by atoms with Crippen molar-refractivity contribution in [3.05, 3.63) is 35.5 Å². The average molecular weight is 383 g/mol. The van der Waals surface area contributed by atoms with Gasteiger partial charge in [-0.1, -0.05) is 18.0 Å². The van der Waals surface area contributed by atoms with Gasteiger partial charge in [0.15, 0.2) is 0 Å². The predicted octanol–water partition coefficient (Wildman–Crippen LogP) is 2.93. The van der Waals surface area contributed by atoms with E-state index >= 15 is 0 Å². The van der Waals surface area contributed by atoms with Gasteiger partial charge in [-0.25, -0.2) is 4.39 Å². The van der Waals surface area contributed by atoms with Crippen LogP contribution in [0.25, 0.3) is 11.4 Å². The molecule has 6 nitrogen and oxygen atoms in total. The minimum atomic E-state index is -0.273. The Balaban J connectivity index is 0.00000243. The zero-order valence-electron chi connectivity index (χ0n) is 14.8. The SMILES string of the molecule is Cc1cc(-c2noc(CCC(=O)NC3(CN)CCCC3)n2)ccc1F.Cl. The maximum Gasteiger partial charge on any atom is 0.227 e. The molecule has 0 atom stereocenters. The van der Waals surface area contributed by atoms with Crippen molar-refractivity contribution in [1.82, 2.24) is 15.5 Å². The van der Waals surface area contributed by atoms with Crippen molar-refractivity contribution in [2.75, 3.05) is 6.54 Å². The van der Waals surface area contributed by atoms with E-state index in [9.17, 15) is 9.18 Å². The van der Waals surface area contributed by atoms with Gasteiger partial charge in [-0.2, -0.15) is 4.98 Å². The van der Waals surface area contributed by atoms with Crippen molar-refractivity contribution < 1.29 is 13.7 Å². The Morgan fingerprint density at radius 2 is 2.12 bits per heavy atom. The average Bonchev–Trinajstić information content (AvgIpc) is 3.25. The third-order valence-electron chi connectivity index (χ3n) is 4.81. The number of benzene rings is 1. The molecule has 1 fully saturated rings. The molecule has 26 heavy (non-hydrogen) atoms. The molecule has 1 amide bonds. The lowest BCUT2D eigenvalue weighted by Crippen LogP contribution is -2.51. The van der Waals surface area contributed by atoms with Crippen LogP contribution in [0.4, 0.5) is 4.39 Å². The number of amides is 1. The predicted molar refractivity (Wildman–Crippen MR) is 98.4 cm³/mol. The molecule has 0 bridgehead atoms. The highest BCUT2D eigenvalue weighted by Crippen LogP contribution is 2.28. The molecule has 0 aliphatic heterocycles. The molecule has 1 aromatic carbocycles. The van der Waals surface area contributed by atoms with Crippen molar-refractivity contribution in [2.24, 2.45) is 5.73 Å². The summed E-state index contributed by atoms with van der Waals surface area (Å²) in [6, 6.07) is 4.65. The van der Waals surface area contributed by atoms with E-state index in [4.69, 9.17) is 10.3 Å². The zero-order valence-corrected chi connectivity index (χ0v) is 15.6. The lowest BCUT2D eigenvalue weighted by molar-refractivity contribution is -0.123. The summed E-state index contributed by atoms with van der Waals surface area (Å²) in [6.07, 6.45) is 4.70. The quantitative estimate of drug-likeness (QED) is 0.801. The van der Waals surface area contributed by atoms with Crippen LogP contribution in [-0.4, -0.2) is 28.1 Å². The molecule has 0 saturated heterocycles. The van der Waals surface area contributed by atoms with Crippen LogP contribution in [0.1, 0.15) is 43.6 Å². The molecule has 3 rings (SSSR count). The molecule has 0 radical (unpaired) electrons. The van der Waals surface area contributed by atoms with E-state index in [1.165, 1.54) is 6.07 Å². The van der Waals surface area contributed by atoms with Gasteiger partial charge in [-0.15, -0.1) is 12.4 Å². The van der Waals surface area contributed by atoms with Gasteiger partial charge < -0.3 is 15.6 Å². The van der Waals surface area contributed by atoms with E-state index in [0.29, 0.717) is 35.8 Å². The van der Waals surface area contributed by atoms with Crippen molar-refractivity contribution in [3.8, 4) is 11.4 Å². The monoisotopic (exact) mass is 382 g/mol. The second-order valence-electron chi connectivity index (χ2n) is 6.72. The molecule has 0 spiro atoms. The summed E-state index contributed by atoms with van der Waals surface area (Å²) in [4.78, 5) is 16.5. The highest BCUT2D eigenvalue weighted by atomic mass is 35.5. The van der Waals surface area contributed by atoms with Gasteiger partial charge in [-0.3, -0.25) is 4.79 Å². The molecular formula is C18H24ClFN4O2. The number of hydrogen-bond acceptors (Lipinski definition) is 5. The number of halogens is 2. The van der Waals surface area contributed by atoms with Crippen molar-refractivity contribution >= 4 is 18.3 Å². The van der Waals surface area contributed by atoms with Gasteiger partial charge in [-0.05, 0) is 43.5 Å². The Hall–Kier alpha value is -1.99. The van der Waals surface area contributed by atoms with Gasteiger partial charge in [0.2, 0.25) is 17.6 Å². The first-order valence-corrected chi connectivity index (χ1v) is 8.61. The van der Waals surface area contributed by atoms with Crippen LogP contribution in [0.2, 0.25) is 0 Å². The minimum absolute atomic E-state index is 0. The Morgan fingerprint density at radius 1 is 1.38 bits per heavy atom. The normalized spacial score (nSPS) is 15.5. The van der Waals surface area contributed by atoms with Crippen molar-refractivity contribution in [1.29, 1.82) is 0 Å². The molecule has 1 aromatic heterocycles. The van der Waals surface area contributed by atoms with E-state index in [-0.39, 0.29) is 36.1 Å². The second-order valence-corrected chi connectivity index (χ2v) is 6.72. The molecule has 1 aliphatic rings. The van der Waals surface area contributed by atoms with Crippen LogP contribution in [-0.2, 0) is 11.2 Å². The second kappa shape index (κ2) is 8.60. The molecule has 1 heterocycles. The van der Waals surface area contributed by atoms with Gasteiger partial charge >= 0.3 is 0 Å². The number of carbonyl (C=O) groups excluding carboxylic acids is 1. The molecule has 0 unspecified atom stereocenters. The third kappa shape index (κ3) is 4.59. The van der Waals surface area contributed by atoms with Gasteiger partial charge in [0.05, 0.1) is 5.54 Å². The Bertz CT molecular complexity index is 759. The maximum atomic E-state index is 13.3. The molecule has 3 N–H and O–H groups in total. The number of nitrogens with zero attached hydrogens (tertiary/aromatic N) is 2. The number of nitrogens with one attached hydrogen (secondary N) is 1. The highest BCUT2D eigenvalue weighted by molar-refractivity contribution is 5.85. The van der Waals surface area contributed by atoms with Crippen LogP contribution < -0.4 is 11.1 Å². The molecular weight excluding hydrogens is 359 g/mol. The summed E-state index contributed by atoms with van der Waals surface area (Å²) in [5, 5.41) is 6.98. The first kappa shape index (κ1) is 20.3. The lowest BCUT2D eigenvalue weighted by Gasteiger charge is -2.28. The van der Waals surface area contributed by atoms with E-state index in [2.05, 4.69) is 15.5 Å². The largest absolute Gasteiger partial charge is 0.349 e. The Morgan fingerprint density at radius 3 is 2.77 bits per heavy atom. The summed E-state index contributed by atoms with van der Waals surface area (Å²) in [5.41, 5.74) is 6.79. The van der Waals surface area contributed by atoms with Gasteiger partial charge in [0.1, 0.15) is 5.82 Å². The lowest BCUT2D eigenvalue weighted by atomic mass is 9.97. The molecule has 8 heteroatoms. The first-order chi connectivity index (χ1) is 12.0. The first-order valence-electron chi connectivity index (χ1n) is 8.61. The standard InChI is InChI=1S/C18H23FN4O2.ClH/c1-12-10-13(4-5-14(12)19)17-21-16(25-23-17)7-6-15(24)22-18(11-20)8-2-3-9-18;/h4-5,10H,2-3,6-9,11,20H2,1H3,(H,22,24);1H. The van der Waals surface area contributed by atoms with E-state index < -0.39 is 0 Å². The number of aromatic nitrogens is 2. The van der Waals surface area contributed by atoms with Crippen molar-refractivity contribution in [2.45, 2.75) is 51.0 Å². The smallest absolute Gasteiger partial charge is 0.227 e. The van der Waals surface area contributed by atoms with Crippen LogP contribution in [0.3, 0.4) is 0 Å². The summed E-state index contributed by atoms with van der Waals surface area (Å²) in [7, 11) is 0. The summed E-state index contributed by atoms with van der Waals surface area (Å²) < 4.78 is 18.5. The van der Waals surface area contributed by atoms with Crippen molar-refractivity contribution in [3.63, 3.8) is 0 Å². The minimum Gasteiger partial charge on any atom is -0.349 e. The van der Waals surface area contributed by atoms with E-state index in [1.807, 2.05) is 0 Å². The highest BCUT2D eigenvalue weighted by Gasteiger charge is 2.33. The number of aryl methyl sites for hydroxylation is 2. The maximum absolute atomic E-state index is 13.3. The molecule has 1 saturated carbocycles. The van der Waals surface area contributed by atoms with Crippen LogP contribution in [0.15, 0.2) is 22.7 Å². The molecule has 2 aromatic rings. The fourth-order valence-electron chi connectivity index (χ4n) is 3.27. The zero-order chi connectivity index (χ0) is 17.9. The number of rotatable bonds is 6. The molecule has 142 valence electrons. The summed E-state index contributed by atoms with van der Waals surface area (Å²) in [6.45, 7) is 2.15. The molecule has 1 aliphatic carbocycles. The summed E-state index contributed by atoms with van der Waals surface area (Å²) >= 11 is 0. The van der Waals surface area contributed by atoms with Crippen LogP contribution in [0.5, 0.6) is 0 Å². The third-order valence-corrected chi connectivity index (χ3v) is 4.81. The van der Waals surface area contributed by atoms with Crippen LogP contribution >= 0.6 is 12.4 Å². The topological polar surface area (TPSA) is 94.0 Å². The summed E-state index contributed by atoms with van der Waals surface area (Å²) in [5.74, 6) is 0.461. The van der Waals surface area contributed by atoms with E-state index in [1.54, 1.807) is 19.1 Å². The number of nitrogens with two attached hydrogens (primary N) is 1. The Kier molecular flexibility index (Phi) is 6.72. The fraction of sp³-hybridized carbons (Fsp3) is 0.500. The fourth-order valence-corrected chi connectivity index (χ4v) is 3.27. The number of carbonyl (C=O) groups is 1. The van der Waals surface area contributed by atoms with Crippen LogP contribution in [0, 0.1) is 12.7 Å².